The minimum atomic E-state index is -0.579. The van der Waals surface area contributed by atoms with Crippen LogP contribution < -0.4 is 21.7 Å². The second-order valence-electron chi connectivity index (χ2n) is 4.18. The first kappa shape index (κ1) is 12.8. The number of piperazine rings is 1. The Morgan fingerprint density at radius 2 is 1.94 bits per heavy atom. The van der Waals surface area contributed by atoms with Crippen LogP contribution >= 0.6 is 11.3 Å². The number of nitrogens with two attached hydrogens (primary N) is 2. The number of nitrogens with zero attached hydrogens (tertiary/aromatic N) is 1. The normalized spacial score (nSPS) is 15.7. The average Bonchev–Trinajstić information content (AvgIpc) is 2.68. The van der Waals surface area contributed by atoms with E-state index in [0.29, 0.717) is 9.88 Å². The lowest BCUT2D eigenvalue weighted by Gasteiger charge is -2.28. The Kier molecular flexibility index (Phi) is 3.53. The van der Waals surface area contributed by atoms with Gasteiger partial charge in [0.05, 0.1) is 16.1 Å². The molecule has 0 aromatic carbocycles. The standard InChI is InChI=1S/C11H16N4O2S/c1-6(16)9-8(12)7(10(13)17)11(18-9)15-4-2-14-3-5-15/h14H,2-5,12H2,1H3,(H2,13,17). The Balaban J connectivity index is 2.47. The molecule has 2 heterocycles. The number of Topliss-reactive ketones (excluding diaryl/α,β-unsaturated/α-hetero) is 1. The molecule has 0 aliphatic carbocycles. The number of nitrogens with one attached hydrogen (secondary N) is 1. The highest BCUT2D eigenvalue weighted by Gasteiger charge is 2.26. The van der Waals surface area contributed by atoms with Crippen LogP contribution in [0.25, 0.3) is 0 Å². The van der Waals surface area contributed by atoms with E-state index in [9.17, 15) is 9.59 Å². The number of carbonyl (C=O) groups is 2. The first-order valence-electron chi connectivity index (χ1n) is 5.71. The number of hydrogen-bond donors (Lipinski definition) is 3. The molecule has 0 atom stereocenters. The van der Waals surface area contributed by atoms with Gasteiger partial charge < -0.3 is 21.7 Å². The maximum Gasteiger partial charge on any atom is 0.253 e. The minimum Gasteiger partial charge on any atom is -0.397 e. The van der Waals surface area contributed by atoms with Crippen molar-refractivity contribution < 1.29 is 9.59 Å². The first-order chi connectivity index (χ1) is 8.52. The Labute approximate surface area is 109 Å². The highest BCUT2D eigenvalue weighted by atomic mass is 32.1. The molecule has 0 unspecified atom stereocenters. The number of rotatable bonds is 3. The maximum absolute atomic E-state index is 11.5. The van der Waals surface area contributed by atoms with Crippen LogP contribution in [0.3, 0.4) is 0 Å². The number of primary amides is 1. The van der Waals surface area contributed by atoms with Gasteiger partial charge in [-0.2, -0.15) is 0 Å². The van der Waals surface area contributed by atoms with Crippen molar-refractivity contribution in [3.8, 4) is 0 Å². The van der Waals surface area contributed by atoms with Crippen LogP contribution in [0, 0.1) is 0 Å². The summed E-state index contributed by atoms with van der Waals surface area (Å²) in [6.45, 7) is 4.67. The number of ketones is 1. The van der Waals surface area contributed by atoms with Gasteiger partial charge in [-0.25, -0.2) is 0 Å². The molecule has 1 aromatic rings. The van der Waals surface area contributed by atoms with Crippen molar-refractivity contribution >= 4 is 33.7 Å². The van der Waals surface area contributed by atoms with E-state index in [-0.39, 0.29) is 17.0 Å². The van der Waals surface area contributed by atoms with Crippen LogP contribution in [0.4, 0.5) is 10.7 Å². The lowest BCUT2D eigenvalue weighted by atomic mass is 10.2. The van der Waals surface area contributed by atoms with Crippen LogP contribution in [0.1, 0.15) is 27.0 Å². The van der Waals surface area contributed by atoms with Crippen LogP contribution in [0.15, 0.2) is 0 Å². The smallest absolute Gasteiger partial charge is 0.253 e. The third-order valence-corrected chi connectivity index (χ3v) is 4.26. The summed E-state index contributed by atoms with van der Waals surface area (Å²) in [5.41, 5.74) is 11.7. The number of hydrogen-bond acceptors (Lipinski definition) is 6. The molecule has 1 amide bonds. The van der Waals surface area contributed by atoms with E-state index in [1.807, 2.05) is 4.90 Å². The lowest BCUT2D eigenvalue weighted by Crippen LogP contribution is -2.43. The van der Waals surface area contributed by atoms with E-state index < -0.39 is 5.91 Å². The zero-order valence-electron chi connectivity index (χ0n) is 10.2. The van der Waals surface area contributed by atoms with Gasteiger partial charge in [0.15, 0.2) is 5.78 Å². The quantitative estimate of drug-likeness (QED) is 0.672. The van der Waals surface area contributed by atoms with E-state index in [4.69, 9.17) is 11.5 Å². The molecule has 1 aliphatic heterocycles. The Morgan fingerprint density at radius 3 is 2.44 bits per heavy atom. The van der Waals surface area contributed by atoms with Crippen LogP contribution in [0.5, 0.6) is 0 Å². The molecule has 0 radical (unpaired) electrons. The van der Waals surface area contributed by atoms with Gasteiger partial charge >= 0.3 is 0 Å². The number of nitrogen functional groups attached to an aromatic ring is 1. The van der Waals surface area contributed by atoms with Crippen molar-refractivity contribution in [2.45, 2.75) is 6.92 Å². The molecule has 7 heteroatoms. The van der Waals surface area contributed by atoms with Gasteiger partial charge in [0.2, 0.25) is 0 Å². The zero-order chi connectivity index (χ0) is 13.3. The third-order valence-electron chi connectivity index (χ3n) is 2.90. The molecule has 6 nitrogen and oxygen atoms in total. The maximum atomic E-state index is 11.5. The molecule has 1 aliphatic rings. The number of amides is 1. The van der Waals surface area contributed by atoms with Crippen molar-refractivity contribution in [1.29, 1.82) is 0 Å². The monoisotopic (exact) mass is 268 g/mol. The van der Waals surface area contributed by atoms with Gasteiger partial charge in [0, 0.05) is 33.1 Å². The fourth-order valence-electron chi connectivity index (χ4n) is 2.02. The van der Waals surface area contributed by atoms with Crippen molar-refractivity contribution in [2.24, 2.45) is 5.73 Å². The summed E-state index contributed by atoms with van der Waals surface area (Å²) in [4.78, 5) is 25.5. The summed E-state index contributed by atoms with van der Waals surface area (Å²) in [7, 11) is 0. The fraction of sp³-hybridized carbons (Fsp3) is 0.455. The van der Waals surface area contributed by atoms with Gasteiger partial charge in [0.25, 0.3) is 5.91 Å². The predicted octanol–water partition coefficient (Wildman–Crippen LogP) is 0.0414. The lowest BCUT2D eigenvalue weighted by molar-refractivity contribution is 0.100. The molecule has 1 aromatic heterocycles. The molecule has 0 saturated carbocycles. The van der Waals surface area contributed by atoms with Gasteiger partial charge in [-0.15, -0.1) is 11.3 Å². The molecule has 1 fully saturated rings. The van der Waals surface area contributed by atoms with Crippen molar-refractivity contribution in [1.82, 2.24) is 5.32 Å². The molecular formula is C11H16N4O2S. The van der Waals surface area contributed by atoms with Gasteiger partial charge in [-0.3, -0.25) is 9.59 Å². The van der Waals surface area contributed by atoms with E-state index >= 15 is 0 Å². The summed E-state index contributed by atoms with van der Waals surface area (Å²) in [5.74, 6) is -0.717. The highest BCUT2D eigenvalue weighted by Crippen LogP contribution is 2.38. The van der Waals surface area contributed by atoms with Crippen LogP contribution in [-0.2, 0) is 0 Å². The molecule has 0 bridgehead atoms. The fourth-order valence-corrected chi connectivity index (χ4v) is 3.20. The molecule has 1 saturated heterocycles. The Morgan fingerprint density at radius 1 is 1.33 bits per heavy atom. The first-order valence-corrected chi connectivity index (χ1v) is 6.52. The van der Waals surface area contributed by atoms with E-state index in [1.54, 1.807) is 0 Å². The number of carbonyl (C=O) groups excluding carboxylic acids is 2. The van der Waals surface area contributed by atoms with E-state index in [1.165, 1.54) is 18.3 Å². The minimum absolute atomic E-state index is 0.138. The van der Waals surface area contributed by atoms with E-state index in [0.717, 1.165) is 26.2 Å². The molecule has 5 N–H and O–H groups in total. The van der Waals surface area contributed by atoms with Crippen molar-refractivity contribution in [3.05, 3.63) is 10.4 Å². The molecule has 18 heavy (non-hydrogen) atoms. The number of anilines is 2. The van der Waals surface area contributed by atoms with Gasteiger partial charge in [-0.05, 0) is 0 Å². The van der Waals surface area contributed by atoms with Crippen LogP contribution in [0.2, 0.25) is 0 Å². The number of thiophene rings is 1. The summed E-state index contributed by atoms with van der Waals surface area (Å²) in [6, 6.07) is 0. The highest BCUT2D eigenvalue weighted by molar-refractivity contribution is 7.19. The summed E-state index contributed by atoms with van der Waals surface area (Å²) in [6.07, 6.45) is 0. The zero-order valence-corrected chi connectivity index (χ0v) is 11.0. The van der Waals surface area contributed by atoms with Crippen molar-refractivity contribution in [2.75, 3.05) is 36.8 Å². The molecule has 2 rings (SSSR count). The topological polar surface area (TPSA) is 101 Å². The Bertz CT molecular complexity index is 491. The van der Waals surface area contributed by atoms with Crippen molar-refractivity contribution in [3.63, 3.8) is 0 Å². The van der Waals surface area contributed by atoms with E-state index in [2.05, 4.69) is 5.32 Å². The average molecular weight is 268 g/mol. The second kappa shape index (κ2) is 4.95. The SMILES string of the molecule is CC(=O)c1sc(N2CCNCC2)c(C(N)=O)c1N. The summed E-state index contributed by atoms with van der Waals surface area (Å²) in [5, 5.41) is 3.94. The summed E-state index contributed by atoms with van der Waals surface area (Å²) >= 11 is 1.25. The second-order valence-corrected chi connectivity index (χ2v) is 5.18. The van der Waals surface area contributed by atoms with Gasteiger partial charge in [0.1, 0.15) is 5.00 Å². The summed E-state index contributed by atoms with van der Waals surface area (Å²) < 4.78 is 0. The van der Waals surface area contributed by atoms with Crippen LogP contribution in [-0.4, -0.2) is 37.9 Å². The van der Waals surface area contributed by atoms with Gasteiger partial charge in [-0.1, -0.05) is 0 Å². The third kappa shape index (κ3) is 2.19. The largest absolute Gasteiger partial charge is 0.397 e. The molecule has 98 valence electrons. The molecule has 0 spiro atoms. The predicted molar refractivity (Wildman–Crippen MR) is 72.3 cm³/mol. The molecular weight excluding hydrogens is 252 g/mol. The Hall–Kier alpha value is -1.60.